The van der Waals surface area contributed by atoms with Crippen LogP contribution in [0.4, 0.5) is 0 Å². The number of aromatic nitrogens is 2. The number of nitrogens with zero attached hydrogens (tertiary/aromatic N) is 3. The third-order valence-electron chi connectivity index (χ3n) is 4.69. The van der Waals surface area contributed by atoms with E-state index in [4.69, 9.17) is 9.47 Å². The van der Waals surface area contributed by atoms with Crippen LogP contribution in [-0.4, -0.2) is 40.5 Å². The minimum Gasteiger partial charge on any atom is -0.454 e. The number of carbonyl (C=O) groups excluding carboxylic acids is 1. The number of amides is 1. The highest BCUT2D eigenvalue weighted by atomic mass is 16.7. The zero-order chi connectivity index (χ0) is 16.7. The lowest BCUT2D eigenvalue weighted by Crippen LogP contribution is -2.41. The molecule has 1 aromatic heterocycles. The van der Waals surface area contributed by atoms with Crippen molar-refractivity contribution in [3.63, 3.8) is 0 Å². The Morgan fingerprint density at radius 3 is 2.83 bits per heavy atom. The fourth-order valence-corrected chi connectivity index (χ4v) is 3.57. The van der Waals surface area contributed by atoms with Crippen LogP contribution in [0.3, 0.4) is 0 Å². The molecule has 6 nitrogen and oxygen atoms in total. The molecule has 2 aliphatic rings. The van der Waals surface area contributed by atoms with Crippen molar-refractivity contribution >= 4 is 5.91 Å². The van der Waals surface area contributed by atoms with Crippen molar-refractivity contribution in [2.75, 3.05) is 19.9 Å². The average molecular weight is 327 g/mol. The second-order valence-corrected chi connectivity index (χ2v) is 6.49. The van der Waals surface area contributed by atoms with Gasteiger partial charge < -0.3 is 14.4 Å². The summed E-state index contributed by atoms with van der Waals surface area (Å²) in [5, 5.41) is 4.59. The zero-order valence-electron chi connectivity index (χ0n) is 14.0. The Hall–Kier alpha value is -2.50. The van der Waals surface area contributed by atoms with Gasteiger partial charge in [-0.2, -0.15) is 5.10 Å². The van der Waals surface area contributed by atoms with Crippen LogP contribution in [0.1, 0.15) is 40.6 Å². The van der Waals surface area contributed by atoms with Crippen LogP contribution >= 0.6 is 0 Å². The Morgan fingerprint density at radius 1 is 1.21 bits per heavy atom. The summed E-state index contributed by atoms with van der Waals surface area (Å²) in [7, 11) is 0. The first-order valence-corrected chi connectivity index (χ1v) is 8.33. The van der Waals surface area contributed by atoms with Gasteiger partial charge in [-0.05, 0) is 51.0 Å². The monoisotopic (exact) mass is 327 g/mol. The standard InChI is InChI=1S/C18H21N3O3/c1-12-8-13(2)21(19-12)15-4-3-7-20(10-15)18(22)14-5-6-16-17(9-14)24-11-23-16/h5-6,8-9,15H,3-4,7,10-11H2,1-2H3/t15-/m1/s1. The van der Waals surface area contributed by atoms with E-state index in [1.807, 2.05) is 17.9 Å². The highest BCUT2D eigenvalue weighted by molar-refractivity contribution is 5.95. The molecule has 4 rings (SSSR count). The van der Waals surface area contributed by atoms with Gasteiger partial charge in [0.2, 0.25) is 6.79 Å². The molecule has 0 bridgehead atoms. The van der Waals surface area contributed by atoms with Crippen LogP contribution < -0.4 is 9.47 Å². The molecule has 3 heterocycles. The Kier molecular flexibility index (Phi) is 3.67. The largest absolute Gasteiger partial charge is 0.454 e. The number of hydrogen-bond donors (Lipinski definition) is 0. The molecule has 2 aliphatic heterocycles. The number of aryl methyl sites for hydroxylation is 2. The number of rotatable bonds is 2. The van der Waals surface area contributed by atoms with Gasteiger partial charge in [0.25, 0.3) is 5.91 Å². The normalized spacial score (nSPS) is 19.6. The predicted molar refractivity (Wildman–Crippen MR) is 88.4 cm³/mol. The second kappa shape index (κ2) is 5.85. The molecular formula is C18H21N3O3. The van der Waals surface area contributed by atoms with Crippen molar-refractivity contribution in [1.82, 2.24) is 14.7 Å². The second-order valence-electron chi connectivity index (χ2n) is 6.49. The maximum absolute atomic E-state index is 12.9. The Labute approximate surface area is 141 Å². The molecule has 0 radical (unpaired) electrons. The van der Waals surface area contributed by atoms with Crippen LogP contribution in [-0.2, 0) is 0 Å². The molecule has 0 unspecified atom stereocenters. The van der Waals surface area contributed by atoms with Gasteiger partial charge in [0.15, 0.2) is 11.5 Å². The summed E-state index contributed by atoms with van der Waals surface area (Å²) in [5.74, 6) is 1.39. The van der Waals surface area contributed by atoms with Gasteiger partial charge in [-0.15, -0.1) is 0 Å². The molecule has 2 aromatic rings. The summed E-state index contributed by atoms with van der Waals surface area (Å²) in [5.41, 5.74) is 2.81. The summed E-state index contributed by atoms with van der Waals surface area (Å²) in [6.45, 7) is 5.76. The van der Waals surface area contributed by atoms with Crippen molar-refractivity contribution in [2.24, 2.45) is 0 Å². The van der Waals surface area contributed by atoms with E-state index < -0.39 is 0 Å². The van der Waals surface area contributed by atoms with Gasteiger partial charge in [-0.25, -0.2) is 0 Å². The average Bonchev–Trinajstić information content (AvgIpc) is 3.19. The van der Waals surface area contributed by atoms with E-state index in [1.165, 1.54) is 0 Å². The highest BCUT2D eigenvalue weighted by Gasteiger charge is 2.27. The third-order valence-corrected chi connectivity index (χ3v) is 4.69. The predicted octanol–water partition coefficient (Wildman–Crippen LogP) is 2.71. The molecule has 1 atom stereocenters. The van der Waals surface area contributed by atoms with Gasteiger partial charge >= 0.3 is 0 Å². The van der Waals surface area contributed by atoms with E-state index in [9.17, 15) is 4.79 Å². The summed E-state index contributed by atoms with van der Waals surface area (Å²) < 4.78 is 12.8. The molecule has 1 fully saturated rings. The van der Waals surface area contributed by atoms with Gasteiger partial charge in [-0.1, -0.05) is 0 Å². The molecule has 1 amide bonds. The van der Waals surface area contributed by atoms with E-state index in [0.29, 0.717) is 23.6 Å². The number of likely N-dealkylation sites (tertiary alicyclic amines) is 1. The van der Waals surface area contributed by atoms with Crippen LogP contribution in [0, 0.1) is 13.8 Å². The maximum atomic E-state index is 12.9. The van der Waals surface area contributed by atoms with Crippen molar-refractivity contribution < 1.29 is 14.3 Å². The van der Waals surface area contributed by atoms with Crippen LogP contribution in [0.5, 0.6) is 11.5 Å². The summed E-state index contributed by atoms with van der Waals surface area (Å²) >= 11 is 0. The van der Waals surface area contributed by atoms with Gasteiger partial charge in [0.1, 0.15) is 0 Å². The molecule has 0 saturated carbocycles. The Balaban J connectivity index is 1.53. The molecule has 0 aliphatic carbocycles. The first kappa shape index (κ1) is 15.1. The summed E-state index contributed by atoms with van der Waals surface area (Å²) in [4.78, 5) is 14.8. The topological polar surface area (TPSA) is 56.6 Å². The quantitative estimate of drug-likeness (QED) is 0.851. The number of benzene rings is 1. The van der Waals surface area contributed by atoms with E-state index in [-0.39, 0.29) is 18.7 Å². The number of ether oxygens (including phenoxy) is 2. The van der Waals surface area contributed by atoms with Crippen molar-refractivity contribution in [2.45, 2.75) is 32.7 Å². The fourth-order valence-electron chi connectivity index (χ4n) is 3.57. The minimum absolute atomic E-state index is 0.0412. The molecular weight excluding hydrogens is 306 g/mol. The van der Waals surface area contributed by atoms with E-state index in [0.717, 1.165) is 30.8 Å². The first-order chi connectivity index (χ1) is 11.6. The first-order valence-electron chi connectivity index (χ1n) is 8.33. The van der Waals surface area contributed by atoms with Crippen molar-refractivity contribution in [1.29, 1.82) is 0 Å². The summed E-state index contributed by atoms with van der Waals surface area (Å²) in [6.07, 6.45) is 2.03. The van der Waals surface area contributed by atoms with Crippen LogP contribution in [0.25, 0.3) is 0 Å². The summed E-state index contributed by atoms with van der Waals surface area (Å²) in [6, 6.07) is 7.71. The van der Waals surface area contributed by atoms with Gasteiger partial charge in [-0.3, -0.25) is 9.48 Å². The fraction of sp³-hybridized carbons (Fsp3) is 0.444. The molecule has 1 saturated heterocycles. The Morgan fingerprint density at radius 2 is 2.04 bits per heavy atom. The minimum atomic E-state index is 0.0412. The molecule has 6 heteroatoms. The lowest BCUT2D eigenvalue weighted by Gasteiger charge is -2.33. The Bertz CT molecular complexity index is 784. The molecule has 1 aromatic carbocycles. The van der Waals surface area contributed by atoms with Gasteiger partial charge in [0, 0.05) is 24.3 Å². The van der Waals surface area contributed by atoms with Crippen LogP contribution in [0.15, 0.2) is 24.3 Å². The van der Waals surface area contributed by atoms with Crippen molar-refractivity contribution in [3.8, 4) is 11.5 Å². The molecule has 24 heavy (non-hydrogen) atoms. The highest BCUT2D eigenvalue weighted by Crippen LogP contribution is 2.33. The van der Waals surface area contributed by atoms with Gasteiger partial charge in [0.05, 0.1) is 11.7 Å². The van der Waals surface area contributed by atoms with E-state index >= 15 is 0 Å². The molecule has 0 N–H and O–H groups in total. The van der Waals surface area contributed by atoms with E-state index in [1.54, 1.807) is 12.1 Å². The lowest BCUT2D eigenvalue weighted by molar-refractivity contribution is 0.0671. The van der Waals surface area contributed by atoms with Crippen LogP contribution in [0.2, 0.25) is 0 Å². The lowest BCUT2D eigenvalue weighted by atomic mass is 10.0. The third kappa shape index (κ3) is 2.62. The molecule has 126 valence electrons. The number of hydrogen-bond acceptors (Lipinski definition) is 4. The van der Waals surface area contributed by atoms with Crippen molar-refractivity contribution in [3.05, 3.63) is 41.2 Å². The number of fused-ring (bicyclic) bond motifs is 1. The van der Waals surface area contributed by atoms with E-state index in [2.05, 4.69) is 22.8 Å². The number of piperidine rings is 1. The zero-order valence-corrected chi connectivity index (χ0v) is 14.0. The number of carbonyl (C=O) groups is 1. The molecule has 0 spiro atoms. The maximum Gasteiger partial charge on any atom is 0.254 e. The smallest absolute Gasteiger partial charge is 0.254 e. The SMILES string of the molecule is Cc1cc(C)n([C@@H]2CCCN(C(=O)c3ccc4c(c3)OCO4)C2)n1.